The molecule has 0 unspecified atom stereocenters. The number of Topliss-reactive ketones (excluding diaryl/α,β-unsaturated/α-hetero) is 1. The summed E-state index contributed by atoms with van der Waals surface area (Å²) in [4.78, 5) is 16.5. The Bertz CT molecular complexity index is 1510. The first-order valence-corrected chi connectivity index (χ1v) is 12.0. The molecule has 2 aliphatic carbocycles. The number of fused-ring (bicyclic) bond motifs is 5. The summed E-state index contributed by atoms with van der Waals surface area (Å²) in [6.07, 6.45) is 5.32. The average molecular weight is 486 g/mol. The van der Waals surface area contributed by atoms with E-state index in [0.29, 0.717) is 0 Å². The zero-order valence-corrected chi connectivity index (χ0v) is 20.3. The van der Waals surface area contributed by atoms with Gasteiger partial charge in [-0.25, -0.2) is 8.78 Å². The normalized spacial score (nSPS) is 21.5. The molecule has 2 atom stereocenters. The van der Waals surface area contributed by atoms with Gasteiger partial charge in [-0.15, -0.1) is 5.10 Å². The molecule has 6 rings (SSSR count). The first-order valence-electron chi connectivity index (χ1n) is 12.0. The second kappa shape index (κ2) is 7.85. The van der Waals surface area contributed by atoms with Crippen LogP contribution in [0.3, 0.4) is 0 Å². The molecule has 8 heteroatoms. The van der Waals surface area contributed by atoms with Gasteiger partial charge in [0.15, 0.2) is 5.78 Å². The molecular weight excluding hydrogens is 460 g/mol. The molecule has 182 valence electrons. The van der Waals surface area contributed by atoms with Crippen molar-refractivity contribution in [3.05, 3.63) is 83.4 Å². The van der Waals surface area contributed by atoms with E-state index in [9.17, 15) is 13.6 Å². The summed E-state index contributed by atoms with van der Waals surface area (Å²) < 4.78 is 30.6. The molecule has 2 aliphatic rings. The first kappa shape index (κ1) is 22.6. The molecule has 6 nitrogen and oxygen atoms in total. The summed E-state index contributed by atoms with van der Waals surface area (Å²) in [6, 6.07) is 11.6. The predicted octanol–water partition coefficient (Wildman–Crippen LogP) is 5.47. The minimum Gasteiger partial charge on any atom is -0.298 e. The van der Waals surface area contributed by atoms with E-state index in [1.165, 1.54) is 25.1 Å². The Kier molecular flexibility index (Phi) is 4.94. The molecule has 0 radical (unpaired) electrons. The largest absolute Gasteiger partial charge is 0.298 e. The summed E-state index contributed by atoms with van der Waals surface area (Å²) in [7, 11) is 0. The fourth-order valence-corrected chi connectivity index (χ4v) is 6.40. The number of pyridine rings is 1. The number of hydrogen-bond donors (Lipinski definition) is 0. The second-order valence-electron chi connectivity index (χ2n) is 10.4. The lowest BCUT2D eigenvalue weighted by Crippen LogP contribution is -2.37. The molecule has 3 aromatic heterocycles. The van der Waals surface area contributed by atoms with Crippen LogP contribution < -0.4 is 0 Å². The monoisotopic (exact) mass is 485 g/mol. The van der Waals surface area contributed by atoms with Gasteiger partial charge in [0.05, 0.1) is 46.5 Å². The fourth-order valence-electron chi connectivity index (χ4n) is 6.40. The Labute approximate surface area is 207 Å². The number of rotatable bonds is 5. The van der Waals surface area contributed by atoms with Gasteiger partial charge in [-0.2, -0.15) is 10.2 Å². The highest BCUT2D eigenvalue weighted by Gasteiger charge is 2.65. The van der Waals surface area contributed by atoms with Crippen LogP contribution in [0.15, 0.2) is 54.9 Å². The van der Waals surface area contributed by atoms with Gasteiger partial charge in [0.1, 0.15) is 11.6 Å². The van der Waals surface area contributed by atoms with Gasteiger partial charge in [-0.1, -0.05) is 26.0 Å². The van der Waals surface area contributed by atoms with Gasteiger partial charge in [0.25, 0.3) is 0 Å². The van der Waals surface area contributed by atoms with Crippen LogP contribution in [0.4, 0.5) is 8.78 Å². The number of benzene rings is 1. The third kappa shape index (κ3) is 3.09. The highest BCUT2D eigenvalue weighted by molar-refractivity contribution is 5.75. The number of aromatic nitrogens is 5. The van der Waals surface area contributed by atoms with Crippen molar-refractivity contribution in [1.29, 1.82) is 0 Å². The number of ketones is 1. The van der Waals surface area contributed by atoms with Crippen molar-refractivity contribution < 1.29 is 13.6 Å². The first-order chi connectivity index (χ1) is 17.2. The summed E-state index contributed by atoms with van der Waals surface area (Å²) in [5, 5.41) is 13.2. The SMILES string of the molecule is CC(=O)Cn1cc(-c2cccc([C@@]34CC[C@@H](c5cc(-c6c(F)cccc6F)nnc53)C4(C)C)n2)cn1. The lowest BCUT2D eigenvalue weighted by atomic mass is 9.66. The molecule has 36 heavy (non-hydrogen) atoms. The van der Waals surface area contributed by atoms with Crippen molar-refractivity contribution in [3.8, 4) is 22.5 Å². The number of halogens is 2. The zero-order chi connectivity index (χ0) is 25.2. The third-order valence-corrected chi connectivity index (χ3v) is 8.10. The van der Waals surface area contributed by atoms with E-state index in [4.69, 9.17) is 4.98 Å². The van der Waals surface area contributed by atoms with Crippen molar-refractivity contribution in [2.24, 2.45) is 5.41 Å². The predicted molar refractivity (Wildman–Crippen MR) is 130 cm³/mol. The fraction of sp³-hybridized carbons (Fsp3) is 0.321. The zero-order valence-electron chi connectivity index (χ0n) is 20.3. The maximum absolute atomic E-state index is 14.5. The van der Waals surface area contributed by atoms with Crippen LogP contribution in [0.5, 0.6) is 0 Å². The maximum Gasteiger partial charge on any atom is 0.151 e. The Hall–Kier alpha value is -3.81. The van der Waals surface area contributed by atoms with E-state index in [-0.39, 0.29) is 34.9 Å². The quantitative estimate of drug-likeness (QED) is 0.375. The van der Waals surface area contributed by atoms with Gasteiger partial charge in [-0.05, 0) is 67.0 Å². The minimum atomic E-state index is -0.652. The van der Waals surface area contributed by atoms with Crippen LogP contribution in [0, 0.1) is 17.0 Å². The van der Waals surface area contributed by atoms with Crippen molar-refractivity contribution in [2.75, 3.05) is 0 Å². The van der Waals surface area contributed by atoms with E-state index in [1.807, 2.05) is 30.5 Å². The minimum absolute atomic E-state index is 0.0276. The van der Waals surface area contributed by atoms with Crippen LogP contribution >= 0.6 is 0 Å². The Morgan fingerprint density at radius 2 is 1.83 bits per heavy atom. The number of nitrogens with zero attached hydrogens (tertiary/aromatic N) is 5. The van der Waals surface area contributed by atoms with Crippen molar-refractivity contribution >= 4 is 5.78 Å². The molecule has 0 aliphatic heterocycles. The van der Waals surface area contributed by atoms with Crippen LogP contribution in [0.25, 0.3) is 22.5 Å². The van der Waals surface area contributed by atoms with Gasteiger partial charge >= 0.3 is 0 Å². The molecule has 0 saturated heterocycles. The molecule has 0 N–H and O–H groups in total. The summed E-state index contributed by atoms with van der Waals surface area (Å²) in [5.41, 5.74) is 3.68. The summed E-state index contributed by atoms with van der Waals surface area (Å²) in [5.74, 6) is -1.11. The average Bonchev–Trinajstić information content (AvgIpc) is 3.46. The molecule has 1 saturated carbocycles. The lowest BCUT2D eigenvalue weighted by molar-refractivity contribution is -0.117. The van der Waals surface area contributed by atoms with E-state index in [1.54, 1.807) is 10.9 Å². The molecule has 1 aromatic carbocycles. The van der Waals surface area contributed by atoms with E-state index >= 15 is 0 Å². The van der Waals surface area contributed by atoms with Gasteiger partial charge in [-0.3, -0.25) is 14.5 Å². The Balaban J connectivity index is 1.46. The molecule has 3 heterocycles. The Morgan fingerprint density at radius 1 is 1.08 bits per heavy atom. The van der Waals surface area contributed by atoms with Gasteiger partial charge in [0.2, 0.25) is 0 Å². The highest BCUT2D eigenvalue weighted by atomic mass is 19.1. The molecule has 0 spiro atoms. The van der Waals surface area contributed by atoms with Crippen molar-refractivity contribution in [2.45, 2.75) is 51.5 Å². The van der Waals surface area contributed by atoms with E-state index in [2.05, 4.69) is 29.1 Å². The van der Waals surface area contributed by atoms with Crippen LogP contribution in [0.2, 0.25) is 0 Å². The number of carbonyl (C=O) groups excluding carboxylic acids is 1. The number of carbonyl (C=O) groups is 1. The van der Waals surface area contributed by atoms with Crippen molar-refractivity contribution in [1.82, 2.24) is 25.0 Å². The molecule has 2 bridgehead atoms. The highest BCUT2D eigenvalue weighted by Crippen LogP contribution is 2.69. The van der Waals surface area contributed by atoms with Gasteiger partial charge in [0, 0.05) is 11.8 Å². The van der Waals surface area contributed by atoms with Crippen LogP contribution in [-0.2, 0) is 16.8 Å². The molecule has 4 aromatic rings. The summed E-state index contributed by atoms with van der Waals surface area (Å²) >= 11 is 0. The summed E-state index contributed by atoms with van der Waals surface area (Å²) in [6.45, 7) is 6.18. The van der Waals surface area contributed by atoms with Crippen LogP contribution in [-0.4, -0.2) is 30.7 Å². The van der Waals surface area contributed by atoms with Gasteiger partial charge < -0.3 is 0 Å². The molecule has 0 amide bonds. The number of hydrogen-bond acceptors (Lipinski definition) is 5. The standard InChI is InChI=1S/C28H25F2N5O/c1-16(36)14-35-15-17(13-31-35)22-8-5-9-24(32-22)28-11-10-19(27(28,2)3)18-12-23(33-34-26(18)28)25-20(29)6-4-7-21(25)30/h4-9,12-13,15,19H,10-11,14H2,1-3H3/t19-,28-/m0/s1. The maximum atomic E-state index is 14.5. The lowest BCUT2D eigenvalue weighted by Gasteiger charge is -2.37. The van der Waals surface area contributed by atoms with Crippen molar-refractivity contribution in [3.63, 3.8) is 0 Å². The third-order valence-electron chi connectivity index (χ3n) is 8.10. The van der Waals surface area contributed by atoms with E-state index in [0.717, 1.165) is 41.1 Å². The molecular formula is C28H25F2N5O. The molecule has 1 fully saturated rings. The second-order valence-corrected chi connectivity index (χ2v) is 10.4. The topological polar surface area (TPSA) is 73.6 Å². The van der Waals surface area contributed by atoms with Crippen LogP contribution in [0.1, 0.15) is 56.5 Å². The smallest absolute Gasteiger partial charge is 0.151 e. The Morgan fingerprint density at radius 3 is 2.58 bits per heavy atom. The van der Waals surface area contributed by atoms with E-state index < -0.39 is 17.0 Å².